The van der Waals surface area contributed by atoms with Gasteiger partial charge in [-0.1, -0.05) is 13.8 Å². The molecule has 0 aliphatic heterocycles. The second-order valence-corrected chi connectivity index (χ2v) is 6.15. The zero-order valence-electron chi connectivity index (χ0n) is 9.22. The molecule has 84 valence electrons. The molecule has 0 bridgehead atoms. The molecule has 15 heavy (non-hydrogen) atoms. The summed E-state index contributed by atoms with van der Waals surface area (Å²) in [5.41, 5.74) is -0.414. The van der Waals surface area contributed by atoms with Crippen LogP contribution in [-0.2, 0) is 5.60 Å². The molecule has 1 fully saturated rings. The largest absolute Gasteiger partial charge is 0.465 e. The average Bonchev–Trinajstić information content (AvgIpc) is 2.58. The maximum absolute atomic E-state index is 10.5. The Balaban J connectivity index is 2.20. The van der Waals surface area contributed by atoms with Gasteiger partial charge >= 0.3 is 0 Å². The van der Waals surface area contributed by atoms with Gasteiger partial charge in [0.15, 0.2) is 0 Å². The number of furan rings is 1. The summed E-state index contributed by atoms with van der Waals surface area (Å²) in [6, 6.07) is 1.84. The van der Waals surface area contributed by atoms with Gasteiger partial charge in [-0.25, -0.2) is 0 Å². The van der Waals surface area contributed by atoms with Crippen LogP contribution in [0.4, 0.5) is 0 Å². The summed E-state index contributed by atoms with van der Waals surface area (Å²) in [6.45, 7) is 4.51. The van der Waals surface area contributed by atoms with Crippen LogP contribution in [-0.4, -0.2) is 5.11 Å². The lowest BCUT2D eigenvalue weighted by Gasteiger charge is -2.39. The van der Waals surface area contributed by atoms with Crippen molar-refractivity contribution in [3.05, 3.63) is 22.6 Å². The van der Waals surface area contributed by atoms with E-state index in [4.69, 9.17) is 4.42 Å². The van der Waals surface area contributed by atoms with Gasteiger partial charge in [0.05, 0.1) is 10.7 Å². The summed E-state index contributed by atoms with van der Waals surface area (Å²) >= 11 is 3.41. The first-order valence-corrected chi connectivity index (χ1v) is 6.18. The molecule has 1 aliphatic carbocycles. The molecule has 0 amide bonds. The van der Waals surface area contributed by atoms with Crippen LogP contribution in [0.15, 0.2) is 21.2 Å². The van der Waals surface area contributed by atoms with Gasteiger partial charge in [0.25, 0.3) is 0 Å². The van der Waals surface area contributed by atoms with Crippen molar-refractivity contribution >= 4 is 15.9 Å². The third-order valence-electron chi connectivity index (χ3n) is 3.47. The van der Waals surface area contributed by atoms with Gasteiger partial charge < -0.3 is 9.52 Å². The smallest absolute Gasteiger partial charge is 0.149 e. The molecule has 0 atom stereocenters. The highest BCUT2D eigenvalue weighted by molar-refractivity contribution is 9.10. The summed E-state index contributed by atoms with van der Waals surface area (Å²) in [7, 11) is 0. The van der Waals surface area contributed by atoms with E-state index in [1.807, 2.05) is 6.07 Å². The lowest BCUT2D eigenvalue weighted by Crippen LogP contribution is -2.34. The van der Waals surface area contributed by atoms with Crippen LogP contribution >= 0.6 is 15.9 Å². The first kappa shape index (κ1) is 11.2. The maximum Gasteiger partial charge on any atom is 0.149 e. The van der Waals surface area contributed by atoms with Crippen LogP contribution in [0.2, 0.25) is 0 Å². The Labute approximate surface area is 98.8 Å². The molecule has 1 aliphatic rings. The number of hydrogen-bond acceptors (Lipinski definition) is 2. The Morgan fingerprint density at radius 1 is 1.27 bits per heavy atom. The fourth-order valence-electron chi connectivity index (χ4n) is 2.19. The molecule has 1 N–H and O–H groups in total. The Hall–Kier alpha value is -0.280. The van der Waals surface area contributed by atoms with E-state index in [0.717, 1.165) is 30.2 Å². The standard InChI is InChI=1S/C12H17BrO2/c1-11(2)4-6-12(14,7-5-11)10-9(13)3-8-15-10/h3,8,14H,4-7H2,1-2H3. The molecule has 2 rings (SSSR count). The maximum atomic E-state index is 10.5. The molecule has 1 heterocycles. The van der Waals surface area contributed by atoms with Gasteiger partial charge in [0, 0.05) is 0 Å². The third kappa shape index (κ3) is 2.13. The molecular formula is C12H17BrO2. The van der Waals surface area contributed by atoms with E-state index >= 15 is 0 Å². The monoisotopic (exact) mass is 272 g/mol. The molecule has 1 saturated carbocycles. The van der Waals surface area contributed by atoms with Crippen LogP contribution in [0.5, 0.6) is 0 Å². The number of aliphatic hydroxyl groups is 1. The molecule has 3 heteroatoms. The fraction of sp³-hybridized carbons (Fsp3) is 0.667. The first-order chi connectivity index (χ1) is 6.93. The molecule has 0 unspecified atom stereocenters. The van der Waals surface area contributed by atoms with Gasteiger partial charge in [-0.2, -0.15) is 0 Å². The Bertz CT molecular complexity index is 344. The van der Waals surface area contributed by atoms with E-state index < -0.39 is 5.60 Å². The Morgan fingerprint density at radius 2 is 1.87 bits per heavy atom. The van der Waals surface area contributed by atoms with Crippen molar-refractivity contribution in [2.24, 2.45) is 5.41 Å². The molecule has 1 aromatic heterocycles. The second-order valence-electron chi connectivity index (χ2n) is 5.29. The lowest BCUT2D eigenvalue weighted by atomic mass is 9.70. The van der Waals surface area contributed by atoms with Crippen LogP contribution in [0.3, 0.4) is 0 Å². The van der Waals surface area contributed by atoms with E-state index in [-0.39, 0.29) is 0 Å². The minimum Gasteiger partial charge on any atom is -0.465 e. The summed E-state index contributed by atoms with van der Waals surface area (Å²) in [6.07, 6.45) is 5.27. The molecule has 0 aromatic carbocycles. The van der Waals surface area contributed by atoms with Gasteiger partial charge in [0.1, 0.15) is 11.4 Å². The highest BCUT2D eigenvalue weighted by atomic mass is 79.9. The highest BCUT2D eigenvalue weighted by Crippen LogP contribution is 2.46. The van der Waals surface area contributed by atoms with Gasteiger partial charge in [-0.15, -0.1) is 0 Å². The van der Waals surface area contributed by atoms with E-state index in [1.165, 1.54) is 0 Å². The van der Waals surface area contributed by atoms with Crippen molar-refractivity contribution < 1.29 is 9.52 Å². The summed E-state index contributed by atoms with van der Waals surface area (Å²) < 4.78 is 6.26. The van der Waals surface area contributed by atoms with Crippen molar-refractivity contribution in [3.63, 3.8) is 0 Å². The second kappa shape index (κ2) is 3.63. The SMILES string of the molecule is CC1(C)CCC(O)(c2occc2Br)CC1. The lowest BCUT2D eigenvalue weighted by molar-refractivity contribution is -0.0472. The summed E-state index contributed by atoms with van der Waals surface area (Å²) in [5.74, 6) is 0.693. The van der Waals surface area contributed by atoms with Crippen molar-refractivity contribution in [2.75, 3.05) is 0 Å². The quantitative estimate of drug-likeness (QED) is 0.843. The molecule has 0 radical (unpaired) electrons. The van der Waals surface area contributed by atoms with Gasteiger partial charge in [-0.3, -0.25) is 0 Å². The average molecular weight is 273 g/mol. The molecular weight excluding hydrogens is 256 g/mol. The van der Waals surface area contributed by atoms with E-state index in [1.54, 1.807) is 6.26 Å². The summed E-state index contributed by atoms with van der Waals surface area (Å²) in [4.78, 5) is 0. The Morgan fingerprint density at radius 3 is 2.33 bits per heavy atom. The molecule has 0 spiro atoms. The van der Waals surface area contributed by atoms with Crippen molar-refractivity contribution in [1.82, 2.24) is 0 Å². The van der Waals surface area contributed by atoms with Crippen molar-refractivity contribution in [2.45, 2.75) is 45.1 Å². The van der Waals surface area contributed by atoms with Crippen LogP contribution in [0, 0.1) is 5.41 Å². The predicted octanol–water partition coefficient (Wildman–Crippen LogP) is 3.83. The predicted molar refractivity (Wildman–Crippen MR) is 62.6 cm³/mol. The number of hydrogen-bond donors (Lipinski definition) is 1. The zero-order chi connectivity index (χ0) is 11.1. The third-order valence-corrected chi connectivity index (χ3v) is 4.10. The minimum atomic E-state index is -0.766. The fourth-order valence-corrected chi connectivity index (χ4v) is 2.76. The number of rotatable bonds is 1. The minimum absolute atomic E-state index is 0.352. The molecule has 1 aromatic rings. The van der Waals surface area contributed by atoms with Crippen LogP contribution < -0.4 is 0 Å². The van der Waals surface area contributed by atoms with Gasteiger partial charge in [-0.05, 0) is 53.1 Å². The molecule has 0 saturated heterocycles. The van der Waals surface area contributed by atoms with E-state index in [2.05, 4.69) is 29.8 Å². The van der Waals surface area contributed by atoms with Crippen LogP contribution in [0.25, 0.3) is 0 Å². The number of halogens is 1. The van der Waals surface area contributed by atoms with E-state index in [0.29, 0.717) is 11.2 Å². The first-order valence-electron chi connectivity index (χ1n) is 5.39. The van der Waals surface area contributed by atoms with Crippen LogP contribution in [0.1, 0.15) is 45.3 Å². The highest BCUT2D eigenvalue weighted by Gasteiger charge is 2.41. The zero-order valence-corrected chi connectivity index (χ0v) is 10.8. The van der Waals surface area contributed by atoms with E-state index in [9.17, 15) is 5.11 Å². The topological polar surface area (TPSA) is 33.4 Å². The normalized spacial score (nSPS) is 24.0. The summed E-state index contributed by atoms with van der Waals surface area (Å²) in [5, 5.41) is 10.5. The van der Waals surface area contributed by atoms with Crippen molar-refractivity contribution in [1.29, 1.82) is 0 Å². The van der Waals surface area contributed by atoms with Gasteiger partial charge in [0.2, 0.25) is 0 Å². The van der Waals surface area contributed by atoms with Crippen molar-refractivity contribution in [3.8, 4) is 0 Å². The molecule has 2 nitrogen and oxygen atoms in total. The Kier molecular flexibility index (Phi) is 2.72.